The zero-order valence-electron chi connectivity index (χ0n) is 9.06. The lowest BCUT2D eigenvalue weighted by molar-refractivity contribution is -0.882. The molecule has 0 saturated heterocycles. The van der Waals surface area contributed by atoms with E-state index in [0.29, 0.717) is 6.61 Å². The van der Waals surface area contributed by atoms with Crippen LogP contribution in [0.1, 0.15) is 6.92 Å². The van der Waals surface area contributed by atoms with Crippen molar-refractivity contribution in [2.24, 2.45) is 0 Å². The van der Waals surface area contributed by atoms with Crippen LogP contribution in [0.15, 0.2) is 48.7 Å². The van der Waals surface area contributed by atoms with Crippen molar-refractivity contribution in [2.75, 3.05) is 6.61 Å². The third-order valence-electron chi connectivity index (χ3n) is 2.21. The Balaban J connectivity index is 2.46. The molecule has 0 aliphatic heterocycles. The Morgan fingerprint density at radius 2 is 2.06 bits per heavy atom. The SMILES string of the molecule is CCO[n+]1ccccc1-c1cccc(Cl)c1. The van der Waals surface area contributed by atoms with Gasteiger partial charge in [-0.05, 0) is 31.2 Å². The summed E-state index contributed by atoms with van der Waals surface area (Å²) < 4.78 is 1.76. The van der Waals surface area contributed by atoms with Gasteiger partial charge in [0.05, 0.1) is 5.56 Å². The average molecular weight is 235 g/mol. The predicted molar refractivity (Wildman–Crippen MR) is 64.2 cm³/mol. The molecule has 1 heterocycles. The molecule has 0 N–H and O–H groups in total. The van der Waals surface area contributed by atoms with Crippen LogP contribution in [-0.2, 0) is 0 Å². The van der Waals surface area contributed by atoms with E-state index in [1.54, 1.807) is 4.73 Å². The summed E-state index contributed by atoms with van der Waals surface area (Å²) in [6.07, 6.45) is 1.89. The largest absolute Gasteiger partial charge is 0.271 e. The summed E-state index contributed by atoms with van der Waals surface area (Å²) in [6, 6.07) is 13.6. The molecule has 0 aliphatic rings. The van der Waals surface area contributed by atoms with Gasteiger partial charge in [0.25, 0.3) is 5.69 Å². The summed E-state index contributed by atoms with van der Waals surface area (Å²) in [6.45, 7) is 2.59. The highest BCUT2D eigenvalue weighted by Crippen LogP contribution is 2.19. The van der Waals surface area contributed by atoms with Crippen molar-refractivity contribution in [1.29, 1.82) is 0 Å². The van der Waals surface area contributed by atoms with Crippen LogP contribution in [0.4, 0.5) is 0 Å². The first-order valence-corrected chi connectivity index (χ1v) is 5.59. The molecule has 1 aromatic heterocycles. The van der Waals surface area contributed by atoms with Crippen LogP contribution in [0, 0.1) is 0 Å². The van der Waals surface area contributed by atoms with Crippen LogP contribution in [0.3, 0.4) is 0 Å². The highest BCUT2D eigenvalue weighted by Gasteiger charge is 2.13. The van der Waals surface area contributed by atoms with E-state index in [9.17, 15) is 0 Å². The molecule has 0 amide bonds. The number of rotatable bonds is 3. The lowest BCUT2D eigenvalue weighted by atomic mass is 10.1. The van der Waals surface area contributed by atoms with E-state index < -0.39 is 0 Å². The van der Waals surface area contributed by atoms with Gasteiger partial charge in [0.15, 0.2) is 6.61 Å². The quantitative estimate of drug-likeness (QED) is 0.745. The van der Waals surface area contributed by atoms with E-state index in [1.807, 2.05) is 55.6 Å². The Kier molecular flexibility index (Phi) is 3.42. The van der Waals surface area contributed by atoms with Crippen molar-refractivity contribution in [3.8, 4) is 11.3 Å². The van der Waals surface area contributed by atoms with Gasteiger partial charge in [0.1, 0.15) is 0 Å². The van der Waals surface area contributed by atoms with E-state index in [0.717, 1.165) is 16.3 Å². The van der Waals surface area contributed by atoms with Gasteiger partial charge in [-0.15, -0.1) is 0 Å². The molecular formula is C13H13ClNO+. The number of hydrogen-bond acceptors (Lipinski definition) is 1. The molecule has 2 rings (SSSR count). The summed E-state index contributed by atoms with van der Waals surface area (Å²) in [5.41, 5.74) is 2.04. The molecule has 2 aromatic rings. The summed E-state index contributed by atoms with van der Waals surface area (Å²) in [5.74, 6) is 0. The van der Waals surface area contributed by atoms with E-state index in [4.69, 9.17) is 16.4 Å². The van der Waals surface area contributed by atoms with Crippen molar-refractivity contribution < 1.29 is 9.57 Å². The number of aromatic nitrogens is 1. The van der Waals surface area contributed by atoms with E-state index in [1.165, 1.54) is 0 Å². The van der Waals surface area contributed by atoms with Crippen LogP contribution >= 0.6 is 11.6 Å². The monoisotopic (exact) mass is 234 g/mol. The maximum absolute atomic E-state index is 5.97. The molecule has 0 spiro atoms. The second kappa shape index (κ2) is 4.99. The maximum atomic E-state index is 5.97. The second-order valence-electron chi connectivity index (χ2n) is 3.34. The summed E-state index contributed by atoms with van der Waals surface area (Å²) in [7, 11) is 0. The van der Waals surface area contributed by atoms with Crippen molar-refractivity contribution in [3.05, 3.63) is 53.7 Å². The molecule has 0 fully saturated rings. The minimum atomic E-state index is 0.627. The third kappa shape index (κ3) is 2.34. The van der Waals surface area contributed by atoms with E-state index in [2.05, 4.69) is 0 Å². The van der Waals surface area contributed by atoms with Crippen LogP contribution in [0.2, 0.25) is 5.02 Å². The van der Waals surface area contributed by atoms with Gasteiger partial charge in [-0.2, -0.15) is 0 Å². The predicted octanol–water partition coefficient (Wildman–Crippen LogP) is 2.74. The van der Waals surface area contributed by atoms with E-state index in [-0.39, 0.29) is 0 Å². The molecule has 82 valence electrons. The normalized spacial score (nSPS) is 10.1. The topological polar surface area (TPSA) is 13.1 Å². The average Bonchev–Trinajstić information content (AvgIpc) is 2.30. The summed E-state index contributed by atoms with van der Waals surface area (Å²) >= 11 is 5.97. The molecule has 1 aromatic carbocycles. The van der Waals surface area contributed by atoms with Gasteiger partial charge >= 0.3 is 0 Å². The molecular weight excluding hydrogens is 222 g/mol. The Hall–Kier alpha value is -1.54. The number of halogens is 1. The summed E-state index contributed by atoms with van der Waals surface area (Å²) in [4.78, 5) is 5.50. The number of hydrogen-bond donors (Lipinski definition) is 0. The molecule has 0 radical (unpaired) electrons. The van der Waals surface area contributed by atoms with Crippen molar-refractivity contribution in [1.82, 2.24) is 0 Å². The molecule has 0 aliphatic carbocycles. The minimum absolute atomic E-state index is 0.627. The van der Waals surface area contributed by atoms with Crippen LogP contribution in [0.25, 0.3) is 11.3 Å². The fraction of sp³-hybridized carbons (Fsp3) is 0.154. The fourth-order valence-electron chi connectivity index (χ4n) is 1.55. The lowest BCUT2D eigenvalue weighted by Crippen LogP contribution is -2.44. The zero-order valence-corrected chi connectivity index (χ0v) is 9.82. The molecule has 3 heteroatoms. The Bertz CT molecular complexity index is 485. The Labute approximate surface area is 100 Å². The number of nitrogens with zero attached hydrogens (tertiary/aromatic N) is 1. The van der Waals surface area contributed by atoms with E-state index >= 15 is 0 Å². The highest BCUT2D eigenvalue weighted by atomic mass is 35.5. The lowest BCUT2D eigenvalue weighted by Gasteiger charge is -2.01. The molecule has 0 atom stereocenters. The van der Waals surface area contributed by atoms with Gasteiger partial charge in [0.2, 0.25) is 6.20 Å². The van der Waals surface area contributed by atoms with Gasteiger partial charge < -0.3 is 0 Å². The fourth-order valence-corrected chi connectivity index (χ4v) is 1.74. The third-order valence-corrected chi connectivity index (χ3v) is 2.45. The standard InChI is InChI=1S/C13H13ClNO/c1-2-16-15-9-4-3-8-13(15)11-6-5-7-12(14)10-11/h3-10H,2H2,1H3/q+1. The van der Waals surface area contributed by atoms with Crippen molar-refractivity contribution >= 4 is 11.6 Å². The minimum Gasteiger partial charge on any atom is -0.271 e. The van der Waals surface area contributed by atoms with Gasteiger partial charge in [-0.1, -0.05) is 17.7 Å². The number of pyridine rings is 1. The molecule has 0 bridgehead atoms. The van der Waals surface area contributed by atoms with Crippen molar-refractivity contribution in [3.63, 3.8) is 0 Å². The highest BCUT2D eigenvalue weighted by molar-refractivity contribution is 6.30. The van der Waals surface area contributed by atoms with Crippen molar-refractivity contribution in [2.45, 2.75) is 6.92 Å². The Morgan fingerprint density at radius 1 is 1.19 bits per heavy atom. The first-order valence-electron chi connectivity index (χ1n) is 5.21. The van der Waals surface area contributed by atoms with Gasteiger partial charge in [-0.3, -0.25) is 4.84 Å². The maximum Gasteiger partial charge on any atom is 0.264 e. The second-order valence-corrected chi connectivity index (χ2v) is 3.78. The van der Waals surface area contributed by atoms with Crippen LogP contribution in [0.5, 0.6) is 0 Å². The number of benzene rings is 1. The smallest absolute Gasteiger partial charge is 0.264 e. The van der Waals surface area contributed by atoms with Gasteiger partial charge in [-0.25, -0.2) is 0 Å². The molecule has 16 heavy (non-hydrogen) atoms. The summed E-state index contributed by atoms with van der Waals surface area (Å²) in [5, 5.41) is 0.726. The first kappa shape index (κ1) is 11.0. The van der Waals surface area contributed by atoms with Crippen LogP contribution in [-0.4, -0.2) is 6.61 Å². The Morgan fingerprint density at radius 3 is 2.81 bits per heavy atom. The van der Waals surface area contributed by atoms with Gasteiger partial charge in [0, 0.05) is 21.9 Å². The first-order chi connectivity index (χ1) is 7.81. The zero-order chi connectivity index (χ0) is 11.4. The molecule has 0 saturated carbocycles. The molecule has 0 unspecified atom stereocenters. The van der Waals surface area contributed by atoms with Crippen LogP contribution < -0.4 is 9.57 Å². The molecule has 2 nitrogen and oxygen atoms in total.